The van der Waals surface area contributed by atoms with Gasteiger partial charge in [-0.1, -0.05) is 78.1 Å². The summed E-state index contributed by atoms with van der Waals surface area (Å²) in [6.45, 7) is 3.20. The predicted octanol–water partition coefficient (Wildman–Crippen LogP) is 3.68. The van der Waals surface area contributed by atoms with E-state index in [0.29, 0.717) is 28.3 Å². The van der Waals surface area contributed by atoms with E-state index in [1.54, 1.807) is 98.8 Å². The Balaban J connectivity index is 1.60. The van der Waals surface area contributed by atoms with Crippen molar-refractivity contribution in [1.82, 2.24) is 20.0 Å². The van der Waals surface area contributed by atoms with Crippen LogP contribution < -0.4 is 15.9 Å². The number of hydrazone groups is 1. The molecule has 0 bridgehead atoms. The fraction of sp³-hybridized carbons (Fsp3) is 0.125. The van der Waals surface area contributed by atoms with E-state index >= 15 is 0 Å². The van der Waals surface area contributed by atoms with Crippen molar-refractivity contribution in [3.8, 4) is 16.9 Å². The molecule has 0 radical (unpaired) electrons. The van der Waals surface area contributed by atoms with Crippen LogP contribution in [0.1, 0.15) is 45.1 Å². The third-order valence-electron chi connectivity index (χ3n) is 6.60. The van der Waals surface area contributed by atoms with Crippen LogP contribution in [0.5, 0.6) is 0 Å². The van der Waals surface area contributed by atoms with Crippen molar-refractivity contribution >= 4 is 61.5 Å². The summed E-state index contributed by atoms with van der Waals surface area (Å²) in [5.74, 6) is -3.36. The molecule has 0 spiro atoms. The maximum atomic E-state index is 13.6. The number of anilines is 2. The second-order valence-corrected chi connectivity index (χ2v) is 12.7. The molecule has 0 saturated heterocycles. The molecule has 2 aromatic heterocycles. The van der Waals surface area contributed by atoms with Gasteiger partial charge < -0.3 is 9.47 Å². The van der Waals surface area contributed by atoms with Crippen molar-refractivity contribution < 1.29 is 37.1 Å². The van der Waals surface area contributed by atoms with Crippen molar-refractivity contribution in [2.24, 2.45) is 10.2 Å². The Morgan fingerprint density at radius 1 is 0.900 bits per heavy atom. The molecular weight excluding hydrogens is 689 g/mol. The first-order valence-electron chi connectivity index (χ1n) is 14.8. The molecule has 0 aliphatic carbocycles. The highest BCUT2D eigenvalue weighted by molar-refractivity contribution is 7.91. The van der Waals surface area contributed by atoms with Gasteiger partial charge in [-0.05, 0) is 32.0 Å². The third-order valence-corrected chi connectivity index (χ3v) is 8.75. The van der Waals surface area contributed by atoms with Gasteiger partial charge in [0.15, 0.2) is 5.69 Å². The molecule has 50 heavy (non-hydrogen) atoms. The van der Waals surface area contributed by atoms with E-state index in [0.717, 1.165) is 0 Å². The first-order valence-corrected chi connectivity index (χ1v) is 17.1. The molecule has 0 atom stereocenters. The molecule has 0 aliphatic rings. The van der Waals surface area contributed by atoms with Crippen LogP contribution in [-0.4, -0.2) is 71.0 Å². The number of ketones is 1. The summed E-state index contributed by atoms with van der Waals surface area (Å²) in [7, 11) is -4.19. The second-order valence-electron chi connectivity index (χ2n) is 9.98. The second kappa shape index (κ2) is 15.4. The molecule has 5 aromatic rings. The van der Waals surface area contributed by atoms with E-state index in [1.165, 1.54) is 4.68 Å². The van der Waals surface area contributed by atoms with E-state index in [9.17, 15) is 27.6 Å². The highest BCUT2D eigenvalue weighted by atomic mass is 32.2. The SMILES string of the molecule is CCOC(=O)/C(=N/Nc1cccc(-n2nc(C(=O)Nc3nnc(S(N)(=O)=O)s3)c(C(=O)OCC)c2-c2ccccc2)c1)C(=O)c1ccccc1. The van der Waals surface area contributed by atoms with E-state index in [2.05, 4.69) is 31.1 Å². The average molecular weight is 717 g/mol. The lowest BCUT2D eigenvalue weighted by Gasteiger charge is -2.11. The lowest BCUT2D eigenvalue weighted by molar-refractivity contribution is -0.134. The number of primary sulfonamides is 1. The number of ether oxygens (including phenoxy) is 2. The zero-order valence-electron chi connectivity index (χ0n) is 26.4. The summed E-state index contributed by atoms with van der Waals surface area (Å²) < 4.78 is 34.6. The standard InChI is InChI=1S/C32H28N8O8S2/c1-3-47-29(43)23-24(28(42)34-31-37-38-32(49-31)50(33,45)46)39-40(26(23)19-12-7-5-8-13-19)22-17-11-16-21(18-22)35-36-25(30(44)48-4-2)27(41)20-14-9-6-10-15-20/h5-18,35H,3-4H2,1-2H3,(H2,33,45,46)(H,34,37,42)/b36-25+. The van der Waals surface area contributed by atoms with Crippen LogP contribution in [-0.2, 0) is 24.3 Å². The number of hydrogen-bond acceptors (Lipinski definition) is 14. The largest absolute Gasteiger partial charge is 0.462 e. The molecule has 0 saturated carbocycles. The van der Waals surface area contributed by atoms with Crippen molar-refractivity contribution in [3.05, 3.63) is 102 Å². The van der Waals surface area contributed by atoms with Gasteiger partial charge in [0, 0.05) is 11.1 Å². The van der Waals surface area contributed by atoms with Crippen LogP contribution in [0.4, 0.5) is 10.8 Å². The van der Waals surface area contributed by atoms with Gasteiger partial charge in [0.2, 0.25) is 21.0 Å². The van der Waals surface area contributed by atoms with Crippen LogP contribution in [0.15, 0.2) is 94.4 Å². The molecule has 0 unspecified atom stereocenters. The molecule has 18 heteroatoms. The summed E-state index contributed by atoms with van der Waals surface area (Å²) in [5, 5.41) is 23.0. The van der Waals surface area contributed by atoms with Crippen LogP contribution in [0.25, 0.3) is 16.9 Å². The van der Waals surface area contributed by atoms with E-state index in [4.69, 9.17) is 14.6 Å². The van der Waals surface area contributed by atoms with Gasteiger partial charge in [-0.3, -0.25) is 20.3 Å². The Hall–Kier alpha value is -6.11. The average Bonchev–Trinajstić information content (AvgIpc) is 3.75. The number of carbonyl (C=O) groups excluding carboxylic acids is 4. The number of amides is 1. The number of nitrogens with one attached hydrogen (secondary N) is 2. The predicted molar refractivity (Wildman–Crippen MR) is 183 cm³/mol. The number of nitrogens with two attached hydrogens (primary N) is 1. The molecule has 4 N–H and O–H groups in total. The number of esters is 2. The summed E-state index contributed by atoms with van der Waals surface area (Å²) in [6.07, 6.45) is 0. The fourth-order valence-corrected chi connectivity index (χ4v) is 5.83. The van der Waals surface area contributed by atoms with Gasteiger partial charge in [-0.2, -0.15) is 10.2 Å². The van der Waals surface area contributed by atoms with E-state index in [1.807, 2.05) is 0 Å². The van der Waals surface area contributed by atoms with Crippen LogP contribution >= 0.6 is 11.3 Å². The van der Waals surface area contributed by atoms with Crippen molar-refractivity contribution in [1.29, 1.82) is 0 Å². The minimum atomic E-state index is -4.19. The monoisotopic (exact) mass is 716 g/mol. The van der Waals surface area contributed by atoms with Gasteiger partial charge in [-0.25, -0.2) is 27.8 Å². The van der Waals surface area contributed by atoms with E-state index < -0.39 is 43.7 Å². The van der Waals surface area contributed by atoms with Gasteiger partial charge >= 0.3 is 11.9 Å². The van der Waals surface area contributed by atoms with Crippen molar-refractivity contribution in [2.75, 3.05) is 24.0 Å². The molecular formula is C32H28N8O8S2. The number of nitrogens with zero attached hydrogens (tertiary/aromatic N) is 5. The summed E-state index contributed by atoms with van der Waals surface area (Å²) in [6, 6.07) is 23.1. The highest BCUT2D eigenvalue weighted by Gasteiger charge is 2.31. The molecule has 0 aliphatic heterocycles. The fourth-order valence-electron chi connectivity index (χ4n) is 4.50. The molecule has 1 amide bonds. The Labute approximate surface area is 289 Å². The molecule has 3 aromatic carbocycles. The van der Waals surface area contributed by atoms with Crippen LogP contribution in [0, 0.1) is 0 Å². The number of aromatic nitrogens is 4. The van der Waals surface area contributed by atoms with E-state index in [-0.39, 0.29) is 40.9 Å². The van der Waals surface area contributed by atoms with Crippen LogP contribution in [0.3, 0.4) is 0 Å². The van der Waals surface area contributed by atoms with Gasteiger partial charge in [0.1, 0.15) is 5.56 Å². The Morgan fingerprint density at radius 3 is 2.22 bits per heavy atom. The Bertz CT molecular complexity index is 2200. The van der Waals surface area contributed by atoms with Gasteiger partial charge in [-0.15, -0.1) is 10.2 Å². The number of rotatable bonds is 13. The zero-order valence-corrected chi connectivity index (χ0v) is 28.0. The molecule has 256 valence electrons. The lowest BCUT2D eigenvalue weighted by atomic mass is 10.0. The lowest BCUT2D eigenvalue weighted by Crippen LogP contribution is -2.27. The number of carbonyl (C=O) groups is 4. The third kappa shape index (κ3) is 7.95. The Morgan fingerprint density at radius 2 is 1.58 bits per heavy atom. The highest BCUT2D eigenvalue weighted by Crippen LogP contribution is 2.32. The Kier molecular flexibility index (Phi) is 10.8. The number of hydrogen-bond donors (Lipinski definition) is 3. The summed E-state index contributed by atoms with van der Waals surface area (Å²) >= 11 is 0.511. The number of Topliss-reactive ketones (excluding diaryl/α,β-unsaturated/α-hetero) is 1. The zero-order chi connectivity index (χ0) is 35.8. The van der Waals surface area contributed by atoms with Gasteiger partial charge in [0.05, 0.1) is 30.3 Å². The van der Waals surface area contributed by atoms with Gasteiger partial charge in [0.25, 0.3) is 15.9 Å². The quantitative estimate of drug-likeness (QED) is 0.0396. The minimum absolute atomic E-state index is 0.0159. The maximum Gasteiger partial charge on any atom is 0.362 e. The van der Waals surface area contributed by atoms with Crippen molar-refractivity contribution in [2.45, 2.75) is 18.2 Å². The maximum absolute atomic E-state index is 13.6. The number of sulfonamides is 1. The molecule has 0 fully saturated rings. The molecule has 5 rings (SSSR count). The first-order chi connectivity index (χ1) is 24.0. The first kappa shape index (κ1) is 35.2. The molecule has 2 heterocycles. The summed E-state index contributed by atoms with van der Waals surface area (Å²) in [5.41, 5.74) is 3.19. The smallest absolute Gasteiger partial charge is 0.362 e. The molecule has 16 nitrogen and oxygen atoms in total. The normalized spacial score (nSPS) is 11.5. The number of benzene rings is 3. The summed E-state index contributed by atoms with van der Waals surface area (Å²) in [4.78, 5) is 53.0. The minimum Gasteiger partial charge on any atom is -0.462 e. The van der Waals surface area contributed by atoms with Crippen molar-refractivity contribution in [3.63, 3.8) is 0 Å². The topological polar surface area (TPSA) is 227 Å². The van der Waals surface area contributed by atoms with Crippen LogP contribution in [0.2, 0.25) is 0 Å².